The molecule has 1 heterocycles. The van der Waals surface area contributed by atoms with E-state index in [4.69, 9.17) is 23.2 Å². The highest BCUT2D eigenvalue weighted by atomic mass is 32.1. The van der Waals surface area contributed by atoms with E-state index in [0.29, 0.717) is 11.4 Å². The maximum atomic E-state index is 13.4. The summed E-state index contributed by atoms with van der Waals surface area (Å²) in [6.07, 6.45) is -4.66. The van der Waals surface area contributed by atoms with Gasteiger partial charge in [0.05, 0.1) is 22.7 Å². The van der Waals surface area contributed by atoms with Crippen molar-refractivity contribution in [1.82, 2.24) is 0 Å². The fourth-order valence-corrected chi connectivity index (χ4v) is 3.73. The van der Waals surface area contributed by atoms with Crippen molar-refractivity contribution in [2.45, 2.75) is 25.6 Å². The molecule has 2 aromatic rings. The second-order valence-electron chi connectivity index (χ2n) is 6.89. The Balaban J connectivity index is 2.11. The van der Waals surface area contributed by atoms with Crippen LogP contribution in [0, 0.1) is 11.3 Å². The number of thiocarbonyl (C=S) groups is 1. The van der Waals surface area contributed by atoms with Crippen LogP contribution in [0.5, 0.6) is 0 Å². The van der Waals surface area contributed by atoms with Gasteiger partial charge in [0.2, 0.25) is 0 Å². The number of hydrogen-bond donors (Lipinski definition) is 1. The Kier molecular flexibility index (Phi) is 4.60. The molecule has 8 heteroatoms. The number of nitrogen functional groups attached to an aromatic ring is 1. The topological polar surface area (TPSA) is 56.3 Å². The van der Waals surface area contributed by atoms with Crippen LogP contribution < -0.4 is 15.5 Å². The number of hydrogen-bond acceptors (Lipinski definition) is 3. The van der Waals surface area contributed by atoms with Gasteiger partial charge < -0.3 is 10.6 Å². The van der Waals surface area contributed by atoms with E-state index < -0.39 is 22.8 Å². The Bertz CT molecular complexity index is 1000. The minimum absolute atomic E-state index is 0.201. The number of rotatable bonds is 2. The van der Waals surface area contributed by atoms with Gasteiger partial charge in [-0.05, 0) is 68.5 Å². The number of alkyl halides is 3. The summed E-state index contributed by atoms with van der Waals surface area (Å²) in [4.78, 5) is 3.32. The molecule has 1 aliphatic heterocycles. The highest BCUT2D eigenvalue weighted by Crippen LogP contribution is 2.43. The van der Waals surface area contributed by atoms with E-state index in [1.54, 1.807) is 30.3 Å². The van der Waals surface area contributed by atoms with Crippen molar-refractivity contribution in [3.05, 3.63) is 65.9 Å². The summed E-state index contributed by atoms with van der Waals surface area (Å²) in [5.74, 6) is 0. The van der Waals surface area contributed by atoms with Crippen LogP contribution in [0.15, 0.2) is 54.7 Å². The first-order valence-electron chi connectivity index (χ1n) is 8.29. The van der Waals surface area contributed by atoms with Crippen LogP contribution in [0.1, 0.15) is 25.0 Å². The Hall–Kier alpha value is -3.05. The third-order valence-corrected chi connectivity index (χ3v) is 5.12. The zero-order chi connectivity index (χ0) is 20.9. The summed E-state index contributed by atoms with van der Waals surface area (Å²) in [6, 6.07) is 12.1. The molecule has 2 aromatic carbocycles. The van der Waals surface area contributed by atoms with Gasteiger partial charge in [-0.15, -0.1) is 0 Å². The van der Waals surface area contributed by atoms with Gasteiger partial charge in [-0.1, -0.05) is 6.58 Å². The van der Waals surface area contributed by atoms with E-state index in [-0.39, 0.29) is 10.8 Å². The molecular weight excluding hydrogens is 385 g/mol. The molecule has 4 nitrogen and oxygen atoms in total. The summed E-state index contributed by atoms with van der Waals surface area (Å²) >= 11 is 5.60. The maximum absolute atomic E-state index is 13.4. The van der Waals surface area contributed by atoms with Crippen molar-refractivity contribution in [1.29, 1.82) is 5.26 Å². The van der Waals surface area contributed by atoms with Crippen LogP contribution >= 0.6 is 12.2 Å². The summed E-state index contributed by atoms with van der Waals surface area (Å²) < 4.78 is 40.1. The molecule has 0 aliphatic carbocycles. The Morgan fingerprint density at radius 1 is 1.11 bits per heavy atom. The highest BCUT2D eigenvalue weighted by molar-refractivity contribution is 7.80. The molecule has 0 bridgehead atoms. The lowest BCUT2D eigenvalue weighted by Gasteiger charge is -2.31. The molecule has 1 fully saturated rings. The highest BCUT2D eigenvalue weighted by Gasteiger charge is 2.46. The largest absolute Gasteiger partial charge is 0.417 e. The molecule has 0 atom stereocenters. The molecule has 1 saturated heterocycles. The average Bonchev–Trinajstić information content (AvgIpc) is 2.79. The Labute approximate surface area is 166 Å². The summed E-state index contributed by atoms with van der Waals surface area (Å²) in [5.41, 5.74) is 5.67. The normalized spacial score (nSPS) is 16.4. The third kappa shape index (κ3) is 3.08. The van der Waals surface area contributed by atoms with E-state index in [0.717, 1.165) is 17.8 Å². The summed E-state index contributed by atoms with van der Waals surface area (Å²) in [6.45, 7) is 7.83. The van der Waals surface area contributed by atoms with Crippen molar-refractivity contribution >= 4 is 34.4 Å². The van der Waals surface area contributed by atoms with Gasteiger partial charge in [0.15, 0.2) is 5.11 Å². The van der Waals surface area contributed by atoms with E-state index in [9.17, 15) is 13.2 Å². The minimum Gasteiger partial charge on any atom is -0.399 e. The van der Waals surface area contributed by atoms with E-state index in [1.807, 2.05) is 18.7 Å². The van der Waals surface area contributed by atoms with Gasteiger partial charge in [0.1, 0.15) is 0 Å². The molecule has 0 unspecified atom stereocenters. The minimum atomic E-state index is -4.66. The molecular formula is C20H17F3N4S. The Morgan fingerprint density at radius 3 is 2.21 bits per heavy atom. The molecule has 0 spiro atoms. The van der Waals surface area contributed by atoms with Crippen LogP contribution in [-0.2, 0) is 6.18 Å². The summed E-state index contributed by atoms with van der Waals surface area (Å²) in [5, 5.41) is 9.30. The van der Waals surface area contributed by atoms with Gasteiger partial charge in [0, 0.05) is 22.8 Å². The van der Waals surface area contributed by atoms with Crippen LogP contribution in [0.2, 0.25) is 0 Å². The lowest BCUT2D eigenvalue weighted by Crippen LogP contribution is -2.41. The average molecular weight is 402 g/mol. The van der Waals surface area contributed by atoms with Gasteiger partial charge in [0.25, 0.3) is 0 Å². The summed E-state index contributed by atoms with van der Waals surface area (Å²) in [7, 11) is 0. The number of benzene rings is 2. The van der Waals surface area contributed by atoms with Gasteiger partial charge in [-0.25, -0.2) is 0 Å². The molecule has 1 aliphatic rings. The van der Waals surface area contributed by atoms with Crippen LogP contribution in [0.3, 0.4) is 0 Å². The SMILES string of the molecule is C=C1N(c2ccc(C#N)c(C(F)(F)F)c2)C(=S)N(c2ccc(N)cc2)C1(C)C. The van der Waals surface area contributed by atoms with E-state index in [2.05, 4.69) is 6.58 Å². The number of nitrogens with two attached hydrogens (primary N) is 1. The fourth-order valence-electron chi connectivity index (χ4n) is 3.18. The second kappa shape index (κ2) is 6.53. The molecule has 3 rings (SSSR count). The number of anilines is 3. The number of nitriles is 1. The van der Waals surface area contributed by atoms with Crippen molar-refractivity contribution in [3.8, 4) is 6.07 Å². The zero-order valence-corrected chi connectivity index (χ0v) is 16.0. The lowest BCUT2D eigenvalue weighted by atomic mass is 9.99. The Morgan fingerprint density at radius 2 is 1.68 bits per heavy atom. The van der Waals surface area contributed by atoms with Crippen LogP contribution in [0.4, 0.5) is 30.2 Å². The third-order valence-electron chi connectivity index (χ3n) is 4.76. The standard InChI is InChI=1S/C20H17F3N4S/c1-12-19(2,3)27(15-8-5-14(25)6-9-15)18(28)26(12)16-7-4-13(11-24)17(10-16)20(21,22)23/h4-10H,1,25H2,2-3H3. The monoisotopic (exact) mass is 402 g/mol. The second-order valence-corrected chi connectivity index (χ2v) is 7.26. The van der Waals surface area contributed by atoms with E-state index in [1.165, 1.54) is 11.0 Å². The molecule has 0 aromatic heterocycles. The smallest absolute Gasteiger partial charge is 0.399 e. The van der Waals surface area contributed by atoms with Crippen LogP contribution in [0.25, 0.3) is 0 Å². The van der Waals surface area contributed by atoms with Gasteiger partial charge in [-0.2, -0.15) is 18.4 Å². The molecule has 144 valence electrons. The van der Waals surface area contributed by atoms with Crippen molar-refractivity contribution < 1.29 is 13.2 Å². The van der Waals surface area contributed by atoms with Crippen molar-refractivity contribution in [3.63, 3.8) is 0 Å². The van der Waals surface area contributed by atoms with Crippen LogP contribution in [-0.4, -0.2) is 10.7 Å². The zero-order valence-electron chi connectivity index (χ0n) is 15.2. The van der Waals surface area contributed by atoms with Crippen molar-refractivity contribution in [2.24, 2.45) is 0 Å². The molecule has 2 N–H and O–H groups in total. The molecule has 28 heavy (non-hydrogen) atoms. The van der Waals surface area contributed by atoms with Gasteiger partial charge >= 0.3 is 6.18 Å². The molecule has 0 amide bonds. The van der Waals surface area contributed by atoms with Crippen molar-refractivity contribution in [2.75, 3.05) is 15.5 Å². The quantitative estimate of drug-likeness (QED) is 0.562. The molecule has 0 saturated carbocycles. The first-order chi connectivity index (χ1) is 13.0. The van der Waals surface area contributed by atoms with E-state index >= 15 is 0 Å². The van der Waals surface area contributed by atoms with Gasteiger partial charge in [-0.3, -0.25) is 4.90 Å². The first-order valence-corrected chi connectivity index (χ1v) is 8.70. The number of nitrogens with zero attached hydrogens (tertiary/aromatic N) is 3. The maximum Gasteiger partial charge on any atom is 0.417 e. The predicted octanol–water partition coefficient (Wildman–Crippen LogP) is 5.06. The fraction of sp³-hybridized carbons (Fsp3) is 0.200. The predicted molar refractivity (Wildman–Crippen MR) is 108 cm³/mol. The first kappa shape index (κ1) is 19.7. The lowest BCUT2D eigenvalue weighted by molar-refractivity contribution is -0.137. The molecule has 0 radical (unpaired) electrons. The number of halogens is 3.